The van der Waals surface area contributed by atoms with Gasteiger partial charge in [-0.3, -0.25) is 4.79 Å². The first-order valence-electron chi connectivity index (χ1n) is 5.76. The summed E-state index contributed by atoms with van der Waals surface area (Å²) in [5, 5.41) is 13.2. The number of hydrogen-bond acceptors (Lipinski definition) is 2. The molecule has 1 unspecified atom stereocenters. The van der Waals surface area contributed by atoms with E-state index in [4.69, 9.17) is 5.11 Å². The van der Waals surface area contributed by atoms with E-state index in [0.29, 0.717) is 0 Å². The summed E-state index contributed by atoms with van der Waals surface area (Å²) < 4.78 is 37.5. The van der Waals surface area contributed by atoms with E-state index in [9.17, 15) is 22.8 Å². The molecule has 2 amide bonds. The Balaban J connectivity index is 4.20. The number of rotatable bonds is 5. The van der Waals surface area contributed by atoms with Crippen LogP contribution in [0, 0.1) is 5.92 Å². The summed E-state index contributed by atoms with van der Waals surface area (Å²) >= 11 is 0. The molecule has 3 N–H and O–H groups in total. The number of halogens is 3. The number of amides is 2. The maximum atomic E-state index is 12.5. The van der Waals surface area contributed by atoms with Crippen LogP contribution in [0.15, 0.2) is 0 Å². The van der Waals surface area contributed by atoms with E-state index in [2.05, 4.69) is 10.6 Å². The molecule has 0 aromatic heterocycles. The fraction of sp³-hybridized carbons (Fsp3) is 0.818. The van der Waals surface area contributed by atoms with Gasteiger partial charge in [0.05, 0.1) is 12.3 Å². The van der Waals surface area contributed by atoms with Crippen molar-refractivity contribution in [2.24, 2.45) is 5.92 Å². The Morgan fingerprint density at radius 1 is 1.21 bits per heavy atom. The number of carbonyl (C=O) groups is 2. The van der Waals surface area contributed by atoms with Crippen LogP contribution in [0.1, 0.15) is 33.6 Å². The Hall–Kier alpha value is -1.47. The monoisotopic (exact) mass is 284 g/mol. The van der Waals surface area contributed by atoms with Gasteiger partial charge in [-0.1, -0.05) is 0 Å². The lowest BCUT2D eigenvalue weighted by atomic mass is 10.0. The smallest absolute Gasteiger partial charge is 0.392 e. The molecule has 0 bridgehead atoms. The highest BCUT2D eigenvalue weighted by molar-refractivity contribution is 5.74. The van der Waals surface area contributed by atoms with Crippen LogP contribution in [0.25, 0.3) is 0 Å². The molecule has 1 atom stereocenters. The van der Waals surface area contributed by atoms with Crippen LogP contribution in [-0.2, 0) is 4.79 Å². The van der Waals surface area contributed by atoms with E-state index >= 15 is 0 Å². The fourth-order valence-electron chi connectivity index (χ4n) is 1.34. The van der Waals surface area contributed by atoms with Crippen LogP contribution in [0.4, 0.5) is 18.0 Å². The molecule has 5 nitrogen and oxygen atoms in total. The van der Waals surface area contributed by atoms with E-state index in [1.165, 1.54) is 0 Å². The maximum absolute atomic E-state index is 12.5. The summed E-state index contributed by atoms with van der Waals surface area (Å²) in [6, 6.07) is -0.580. The molecule has 0 aliphatic heterocycles. The predicted molar refractivity (Wildman–Crippen MR) is 62.7 cm³/mol. The molecule has 112 valence electrons. The lowest BCUT2D eigenvalue weighted by Gasteiger charge is -2.22. The summed E-state index contributed by atoms with van der Waals surface area (Å²) in [4.78, 5) is 21.6. The van der Waals surface area contributed by atoms with Crippen LogP contribution < -0.4 is 10.6 Å². The van der Waals surface area contributed by atoms with Crippen molar-refractivity contribution in [1.82, 2.24) is 10.6 Å². The van der Waals surface area contributed by atoms with Crippen LogP contribution in [0.3, 0.4) is 0 Å². The third-order valence-electron chi connectivity index (χ3n) is 2.15. The van der Waals surface area contributed by atoms with E-state index in [1.807, 2.05) is 0 Å². The molecule has 0 fully saturated rings. The minimum absolute atomic E-state index is 0.237. The Morgan fingerprint density at radius 2 is 1.74 bits per heavy atom. The zero-order chi connectivity index (χ0) is 15.3. The van der Waals surface area contributed by atoms with E-state index < -0.39 is 42.5 Å². The Kier molecular flexibility index (Phi) is 6.11. The summed E-state index contributed by atoms with van der Waals surface area (Å²) in [7, 11) is 0. The number of hydrogen-bond donors (Lipinski definition) is 3. The third kappa shape index (κ3) is 9.15. The van der Waals surface area contributed by atoms with E-state index in [-0.39, 0.29) is 6.54 Å². The highest BCUT2D eigenvalue weighted by Gasteiger charge is 2.40. The molecule has 0 aromatic carbocycles. The second-order valence-electron chi connectivity index (χ2n) is 5.26. The second kappa shape index (κ2) is 6.63. The van der Waals surface area contributed by atoms with Gasteiger partial charge >= 0.3 is 18.2 Å². The first-order valence-corrected chi connectivity index (χ1v) is 5.76. The second-order valence-corrected chi connectivity index (χ2v) is 5.26. The summed E-state index contributed by atoms with van der Waals surface area (Å²) in [5.74, 6) is -3.47. The number of urea groups is 1. The lowest BCUT2D eigenvalue weighted by Crippen LogP contribution is -2.47. The summed E-state index contributed by atoms with van der Waals surface area (Å²) in [6.45, 7) is 4.96. The molecule has 0 heterocycles. The minimum Gasteiger partial charge on any atom is -0.481 e. The zero-order valence-corrected chi connectivity index (χ0v) is 11.1. The summed E-state index contributed by atoms with van der Waals surface area (Å²) in [6.07, 6.45) is -6.04. The molecule has 0 aromatic rings. The molecule has 0 saturated carbocycles. The molecule has 0 spiro atoms. The van der Waals surface area contributed by atoms with E-state index in [0.717, 1.165) is 0 Å². The minimum atomic E-state index is -4.58. The molecule has 0 radical (unpaired) electrons. The lowest BCUT2D eigenvalue weighted by molar-refractivity contribution is -0.184. The predicted octanol–water partition coefficient (Wildman–Crippen LogP) is 2.13. The van der Waals surface area contributed by atoms with Gasteiger partial charge in [0.2, 0.25) is 0 Å². The first-order chi connectivity index (χ1) is 8.42. The van der Waals surface area contributed by atoms with Gasteiger partial charge in [-0.2, -0.15) is 13.2 Å². The van der Waals surface area contributed by atoms with Crippen molar-refractivity contribution in [1.29, 1.82) is 0 Å². The average molecular weight is 284 g/mol. The quantitative estimate of drug-likeness (QED) is 0.723. The van der Waals surface area contributed by atoms with Gasteiger partial charge in [0.15, 0.2) is 0 Å². The average Bonchev–Trinajstić information content (AvgIpc) is 2.10. The number of alkyl halides is 3. The molecule has 0 aliphatic carbocycles. The number of aliphatic carboxylic acids is 1. The number of carboxylic acids is 1. The van der Waals surface area contributed by atoms with Crippen LogP contribution >= 0.6 is 0 Å². The molecular formula is C11H19F3N2O3. The van der Waals surface area contributed by atoms with Crippen molar-refractivity contribution in [3.8, 4) is 0 Å². The van der Waals surface area contributed by atoms with Gasteiger partial charge in [0.25, 0.3) is 0 Å². The zero-order valence-electron chi connectivity index (χ0n) is 11.1. The van der Waals surface area contributed by atoms with Crippen molar-refractivity contribution in [2.45, 2.75) is 45.3 Å². The fourth-order valence-corrected chi connectivity index (χ4v) is 1.34. The van der Waals surface area contributed by atoms with Crippen LogP contribution in [-0.4, -0.2) is 35.4 Å². The number of carbonyl (C=O) groups excluding carboxylic acids is 1. The third-order valence-corrected chi connectivity index (χ3v) is 2.15. The van der Waals surface area contributed by atoms with Crippen molar-refractivity contribution in [3.05, 3.63) is 0 Å². The van der Waals surface area contributed by atoms with Gasteiger partial charge in [-0.05, 0) is 27.2 Å². The van der Waals surface area contributed by atoms with E-state index in [1.54, 1.807) is 20.8 Å². The summed E-state index contributed by atoms with van der Waals surface area (Å²) in [5.41, 5.74) is -0.491. The number of nitrogens with one attached hydrogen (secondary N) is 2. The van der Waals surface area contributed by atoms with Crippen molar-refractivity contribution >= 4 is 12.0 Å². The number of carboxylic acid groups (broad SMARTS) is 1. The standard InChI is InChI=1S/C11H19F3N2O3/c1-10(2,3)16-9(19)15-5-4-7(6-8(17)18)11(12,13)14/h7H,4-6H2,1-3H3,(H,17,18)(H2,15,16,19). The van der Waals surface area contributed by atoms with Crippen molar-refractivity contribution in [3.63, 3.8) is 0 Å². The van der Waals surface area contributed by atoms with Gasteiger partial charge in [-0.25, -0.2) is 4.79 Å². The van der Waals surface area contributed by atoms with Gasteiger partial charge in [0.1, 0.15) is 0 Å². The van der Waals surface area contributed by atoms with Crippen LogP contribution in [0.5, 0.6) is 0 Å². The normalized spacial score (nSPS) is 13.8. The largest absolute Gasteiger partial charge is 0.481 e. The Labute approximate surface area is 109 Å². The van der Waals surface area contributed by atoms with Gasteiger partial charge in [-0.15, -0.1) is 0 Å². The van der Waals surface area contributed by atoms with Crippen molar-refractivity contribution in [2.75, 3.05) is 6.54 Å². The molecule has 0 aliphatic rings. The molecular weight excluding hydrogens is 265 g/mol. The highest BCUT2D eigenvalue weighted by Crippen LogP contribution is 2.31. The molecule has 8 heteroatoms. The Morgan fingerprint density at radius 3 is 2.11 bits per heavy atom. The molecule has 0 saturated heterocycles. The van der Waals surface area contributed by atoms with Crippen LogP contribution in [0.2, 0.25) is 0 Å². The topological polar surface area (TPSA) is 78.4 Å². The highest BCUT2D eigenvalue weighted by atomic mass is 19.4. The van der Waals surface area contributed by atoms with Gasteiger partial charge < -0.3 is 15.7 Å². The molecule has 0 rings (SSSR count). The Bertz CT molecular complexity index is 324. The maximum Gasteiger partial charge on any atom is 0.392 e. The SMILES string of the molecule is CC(C)(C)NC(=O)NCCC(CC(=O)O)C(F)(F)F. The molecule has 19 heavy (non-hydrogen) atoms. The van der Waals surface area contributed by atoms with Gasteiger partial charge in [0, 0.05) is 12.1 Å². The first kappa shape index (κ1) is 17.5. The van der Waals surface area contributed by atoms with Crippen molar-refractivity contribution < 1.29 is 27.9 Å².